The van der Waals surface area contributed by atoms with E-state index in [0.717, 1.165) is 25.7 Å². The molecule has 2 nitrogen and oxygen atoms in total. The van der Waals surface area contributed by atoms with Gasteiger partial charge in [0, 0.05) is 17.7 Å². The van der Waals surface area contributed by atoms with E-state index in [-0.39, 0.29) is 5.82 Å². The minimum Gasteiger partial charge on any atom is -0.376 e. The Morgan fingerprint density at radius 3 is 2.58 bits per heavy atom. The molecule has 1 aromatic carbocycles. The van der Waals surface area contributed by atoms with Gasteiger partial charge in [-0.05, 0) is 43.7 Å². The normalized spacial score (nSPS) is 29.2. The van der Waals surface area contributed by atoms with Crippen LogP contribution in [0.2, 0.25) is 5.02 Å². The highest BCUT2D eigenvalue weighted by molar-refractivity contribution is 6.30. The van der Waals surface area contributed by atoms with Crippen molar-refractivity contribution in [3.63, 3.8) is 0 Å². The number of nitrogens with two attached hydrogens (primary N) is 1. The Morgan fingerprint density at radius 2 is 2.05 bits per heavy atom. The lowest BCUT2D eigenvalue weighted by Gasteiger charge is -2.42. The zero-order chi connectivity index (χ0) is 14.0. The molecule has 0 spiro atoms. The highest BCUT2D eigenvalue weighted by Gasteiger charge is 2.41. The van der Waals surface area contributed by atoms with Gasteiger partial charge < -0.3 is 10.5 Å². The van der Waals surface area contributed by atoms with Gasteiger partial charge >= 0.3 is 0 Å². The largest absolute Gasteiger partial charge is 0.376 e. The lowest BCUT2D eigenvalue weighted by atomic mass is 9.73. The van der Waals surface area contributed by atoms with Gasteiger partial charge in [-0.25, -0.2) is 4.39 Å². The van der Waals surface area contributed by atoms with Gasteiger partial charge in [0.25, 0.3) is 0 Å². The van der Waals surface area contributed by atoms with Gasteiger partial charge in [0.05, 0.1) is 11.6 Å². The molecule has 0 bridgehead atoms. The Bertz CT molecular complexity index is 444. The quantitative estimate of drug-likeness (QED) is 0.908. The van der Waals surface area contributed by atoms with E-state index in [1.165, 1.54) is 6.07 Å². The third-order valence-corrected chi connectivity index (χ3v) is 4.63. The standard InChI is InChI=1S/C15H21ClFNO/c1-10-5-7-15(19-2,8-6-10)14(18)12-4-3-11(16)9-13(12)17/h3-4,9-10,14H,5-8,18H2,1-2H3. The van der Waals surface area contributed by atoms with E-state index in [2.05, 4.69) is 6.92 Å². The molecule has 1 atom stereocenters. The molecule has 4 heteroatoms. The lowest BCUT2D eigenvalue weighted by molar-refractivity contribution is -0.0678. The number of halogens is 2. The summed E-state index contributed by atoms with van der Waals surface area (Å²) in [5, 5.41) is 0.386. The van der Waals surface area contributed by atoms with Crippen LogP contribution in [-0.4, -0.2) is 12.7 Å². The van der Waals surface area contributed by atoms with Crippen molar-refractivity contribution in [3.8, 4) is 0 Å². The fraction of sp³-hybridized carbons (Fsp3) is 0.600. The smallest absolute Gasteiger partial charge is 0.129 e. The Balaban J connectivity index is 2.27. The Hall–Kier alpha value is -0.640. The maximum atomic E-state index is 14.0. The van der Waals surface area contributed by atoms with Crippen LogP contribution in [0.3, 0.4) is 0 Å². The molecule has 0 heterocycles. The van der Waals surface area contributed by atoms with Crippen molar-refractivity contribution in [2.45, 2.75) is 44.2 Å². The average Bonchev–Trinajstić information content (AvgIpc) is 2.39. The van der Waals surface area contributed by atoms with Crippen molar-refractivity contribution < 1.29 is 9.13 Å². The van der Waals surface area contributed by atoms with Gasteiger partial charge in [0.15, 0.2) is 0 Å². The number of methoxy groups -OCH3 is 1. The second-order valence-corrected chi connectivity index (χ2v) is 6.03. The van der Waals surface area contributed by atoms with Crippen molar-refractivity contribution in [2.24, 2.45) is 11.7 Å². The summed E-state index contributed by atoms with van der Waals surface area (Å²) in [4.78, 5) is 0. The lowest BCUT2D eigenvalue weighted by Crippen LogP contribution is -2.46. The van der Waals surface area contributed by atoms with E-state index in [9.17, 15) is 4.39 Å². The maximum Gasteiger partial charge on any atom is 0.129 e. The van der Waals surface area contributed by atoms with Crippen molar-refractivity contribution >= 4 is 11.6 Å². The molecule has 0 radical (unpaired) electrons. The van der Waals surface area contributed by atoms with Crippen LogP contribution < -0.4 is 5.73 Å². The van der Waals surface area contributed by atoms with E-state index in [4.69, 9.17) is 22.1 Å². The third kappa shape index (κ3) is 2.93. The van der Waals surface area contributed by atoms with Crippen LogP contribution in [0.15, 0.2) is 18.2 Å². The minimum absolute atomic E-state index is 0.352. The molecule has 19 heavy (non-hydrogen) atoms. The number of rotatable bonds is 3. The maximum absolute atomic E-state index is 14.0. The molecule has 2 N–H and O–H groups in total. The zero-order valence-electron chi connectivity index (χ0n) is 11.5. The molecule has 106 valence electrons. The molecule has 2 rings (SSSR count). The summed E-state index contributed by atoms with van der Waals surface area (Å²) in [6, 6.07) is 4.20. The van der Waals surface area contributed by atoms with Crippen molar-refractivity contribution in [2.75, 3.05) is 7.11 Å². The Labute approximate surface area is 119 Å². The number of benzene rings is 1. The highest BCUT2D eigenvalue weighted by atomic mass is 35.5. The summed E-state index contributed by atoms with van der Waals surface area (Å²) in [6.45, 7) is 2.23. The van der Waals surface area contributed by atoms with Crippen LogP contribution in [0.25, 0.3) is 0 Å². The number of hydrogen-bond donors (Lipinski definition) is 1. The van der Waals surface area contributed by atoms with E-state index in [1.807, 2.05) is 0 Å². The molecule has 0 aliphatic heterocycles. The molecular formula is C15H21ClFNO. The molecular weight excluding hydrogens is 265 g/mol. The third-order valence-electron chi connectivity index (χ3n) is 4.39. The Kier molecular flexibility index (Phi) is 4.49. The highest BCUT2D eigenvalue weighted by Crippen LogP contribution is 2.42. The monoisotopic (exact) mass is 285 g/mol. The second-order valence-electron chi connectivity index (χ2n) is 5.59. The van der Waals surface area contributed by atoms with Crippen molar-refractivity contribution in [1.82, 2.24) is 0 Å². The predicted octanol–water partition coefficient (Wildman–Crippen LogP) is 4.07. The fourth-order valence-corrected chi connectivity index (χ4v) is 3.09. The van der Waals surface area contributed by atoms with Crippen LogP contribution in [0.4, 0.5) is 4.39 Å². The SMILES string of the molecule is COC1(C(N)c2ccc(Cl)cc2F)CCC(C)CC1. The first-order valence-electron chi connectivity index (χ1n) is 6.74. The van der Waals surface area contributed by atoms with Gasteiger partial charge in [0.1, 0.15) is 5.82 Å². The van der Waals surface area contributed by atoms with Crippen molar-refractivity contribution in [3.05, 3.63) is 34.6 Å². The van der Waals surface area contributed by atoms with Gasteiger partial charge in [0.2, 0.25) is 0 Å². The van der Waals surface area contributed by atoms with Gasteiger partial charge in [-0.2, -0.15) is 0 Å². The molecule has 1 unspecified atom stereocenters. The zero-order valence-corrected chi connectivity index (χ0v) is 12.2. The fourth-order valence-electron chi connectivity index (χ4n) is 2.93. The average molecular weight is 286 g/mol. The van der Waals surface area contributed by atoms with Gasteiger partial charge in [-0.1, -0.05) is 24.6 Å². The van der Waals surface area contributed by atoms with Gasteiger partial charge in [-0.3, -0.25) is 0 Å². The van der Waals surface area contributed by atoms with E-state index in [0.29, 0.717) is 16.5 Å². The van der Waals surface area contributed by atoms with Crippen LogP contribution in [-0.2, 0) is 4.74 Å². The van der Waals surface area contributed by atoms with E-state index < -0.39 is 11.6 Å². The van der Waals surface area contributed by atoms with Crippen molar-refractivity contribution in [1.29, 1.82) is 0 Å². The molecule has 1 aromatic rings. The summed E-state index contributed by atoms with van der Waals surface area (Å²) >= 11 is 5.78. The summed E-state index contributed by atoms with van der Waals surface area (Å²) in [5.41, 5.74) is 6.33. The molecule has 0 aromatic heterocycles. The summed E-state index contributed by atoms with van der Waals surface area (Å²) in [6.07, 6.45) is 3.87. The van der Waals surface area contributed by atoms with E-state index >= 15 is 0 Å². The summed E-state index contributed by atoms with van der Waals surface area (Å²) in [7, 11) is 1.67. The number of ether oxygens (including phenoxy) is 1. The predicted molar refractivity (Wildman–Crippen MR) is 75.7 cm³/mol. The molecule has 1 aliphatic carbocycles. The van der Waals surface area contributed by atoms with Gasteiger partial charge in [-0.15, -0.1) is 0 Å². The topological polar surface area (TPSA) is 35.2 Å². The number of hydrogen-bond acceptors (Lipinski definition) is 2. The molecule has 1 aliphatic rings. The summed E-state index contributed by atoms with van der Waals surface area (Å²) in [5.74, 6) is 0.334. The first kappa shape index (κ1) is 14.8. The molecule has 1 saturated carbocycles. The van der Waals surface area contributed by atoms with Crippen LogP contribution >= 0.6 is 11.6 Å². The van der Waals surface area contributed by atoms with Crippen LogP contribution in [0.1, 0.15) is 44.2 Å². The molecule has 0 saturated heterocycles. The molecule has 1 fully saturated rings. The first-order valence-corrected chi connectivity index (χ1v) is 7.12. The Morgan fingerprint density at radius 1 is 1.42 bits per heavy atom. The minimum atomic E-state index is -0.457. The van der Waals surface area contributed by atoms with Crippen LogP contribution in [0.5, 0.6) is 0 Å². The summed E-state index contributed by atoms with van der Waals surface area (Å²) < 4.78 is 19.7. The molecule has 0 amide bonds. The van der Waals surface area contributed by atoms with Crippen LogP contribution in [0, 0.1) is 11.7 Å². The van der Waals surface area contributed by atoms with E-state index in [1.54, 1.807) is 19.2 Å². The first-order chi connectivity index (χ1) is 8.98. The second kappa shape index (κ2) is 5.78.